The van der Waals surface area contributed by atoms with Crippen LogP contribution in [0.1, 0.15) is 24.0 Å². The Kier molecular flexibility index (Phi) is 5.45. The third-order valence-electron chi connectivity index (χ3n) is 6.51. The smallest absolute Gasteiger partial charge is 0.305 e. The summed E-state index contributed by atoms with van der Waals surface area (Å²) < 4.78 is 40.5. The molecule has 5 rings (SSSR count). The number of hydrogen-bond acceptors (Lipinski definition) is 6. The molecule has 2 atom stereocenters. The molecule has 32 heavy (non-hydrogen) atoms. The van der Waals surface area contributed by atoms with Gasteiger partial charge in [-0.1, -0.05) is 23.9 Å². The van der Waals surface area contributed by atoms with Crippen LogP contribution in [0.5, 0.6) is 0 Å². The number of alkyl halides is 3. The molecule has 0 amide bonds. The second kappa shape index (κ2) is 8.15. The number of rotatable bonds is 7. The lowest BCUT2D eigenvalue weighted by Gasteiger charge is -2.21. The van der Waals surface area contributed by atoms with Crippen LogP contribution in [-0.2, 0) is 18.6 Å². The van der Waals surface area contributed by atoms with Crippen molar-refractivity contribution in [2.75, 3.05) is 25.4 Å². The quantitative estimate of drug-likeness (QED) is 0.392. The number of piperidine rings is 1. The van der Waals surface area contributed by atoms with Crippen molar-refractivity contribution >= 4 is 11.8 Å². The first-order valence-electron chi connectivity index (χ1n) is 10.5. The molecule has 3 aromatic rings. The molecule has 10 heteroatoms. The molecule has 1 saturated heterocycles. The molecular formula is C22H23F3N6S. The molecule has 0 unspecified atom stereocenters. The van der Waals surface area contributed by atoms with E-state index in [1.165, 1.54) is 18.5 Å². The van der Waals surface area contributed by atoms with E-state index in [1.807, 2.05) is 11.6 Å². The normalized spacial score (nSPS) is 22.8. The van der Waals surface area contributed by atoms with Crippen molar-refractivity contribution in [3.05, 3.63) is 54.1 Å². The van der Waals surface area contributed by atoms with Gasteiger partial charge >= 0.3 is 6.18 Å². The first-order valence-corrected chi connectivity index (χ1v) is 11.5. The van der Waals surface area contributed by atoms with E-state index in [2.05, 4.69) is 25.1 Å². The molecule has 0 spiro atoms. The van der Waals surface area contributed by atoms with E-state index in [-0.39, 0.29) is 5.41 Å². The number of nitrogens with zero attached hydrogens (tertiary/aromatic N) is 6. The molecule has 1 aliphatic carbocycles. The third-order valence-corrected chi connectivity index (χ3v) is 7.61. The van der Waals surface area contributed by atoms with E-state index in [4.69, 9.17) is 0 Å². The van der Waals surface area contributed by atoms with Gasteiger partial charge in [0.25, 0.3) is 0 Å². The summed E-state index contributed by atoms with van der Waals surface area (Å²) in [6.07, 6.45) is 2.73. The molecule has 6 nitrogen and oxygen atoms in total. The summed E-state index contributed by atoms with van der Waals surface area (Å²) in [7, 11) is 1.94. The van der Waals surface area contributed by atoms with Gasteiger partial charge in [-0.25, -0.2) is 9.97 Å². The largest absolute Gasteiger partial charge is 0.416 e. The fraction of sp³-hybridized carbons (Fsp3) is 0.455. The zero-order chi connectivity index (χ0) is 22.3. The highest BCUT2D eigenvalue weighted by Gasteiger charge is 2.60. The van der Waals surface area contributed by atoms with Crippen LogP contribution in [0.4, 0.5) is 13.2 Å². The molecule has 2 aliphatic rings. The monoisotopic (exact) mass is 460 g/mol. The lowest BCUT2D eigenvalue weighted by molar-refractivity contribution is -0.137. The molecule has 1 saturated carbocycles. The minimum atomic E-state index is -4.28. The fourth-order valence-electron chi connectivity index (χ4n) is 4.75. The predicted molar refractivity (Wildman–Crippen MR) is 115 cm³/mol. The molecule has 1 aliphatic heterocycles. The summed E-state index contributed by atoms with van der Waals surface area (Å²) in [4.78, 5) is 10.5. The average molecular weight is 461 g/mol. The van der Waals surface area contributed by atoms with Crippen molar-refractivity contribution in [1.29, 1.82) is 0 Å². The van der Waals surface area contributed by atoms with Crippen molar-refractivity contribution in [3.63, 3.8) is 0 Å². The van der Waals surface area contributed by atoms with Crippen LogP contribution in [0, 0.1) is 5.92 Å². The van der Waals surface area contributed by atoms with Crippen molar-refractivity contribution in [3.8, 4) is 11.4 Å². The van der Waals surface area contributed by atoms with Gasteiger partial charge in [0, 0.05) is 43.7 Å². The zero-order valence-corrected chi connectivity index (χ0v) is 18.4. The number of halogens is 3. The Hall–Kier alpha value is -2.46. The molecule has 2 fully saturated rings. The SMILES string of the molecule is Cn1c(SCCCN2C[C@@H]3C[C@]3(c3ccc(C(F)(F)F)cc3)C2)nnc1-c1cncnc1. The second-order valence-corrected chi connectivity index (χ2v) is 9.62. The first kappa shape index (κ1) is 21.4. The predicted octanol–water partition coefficient (Wildman–Crippen LogP) is 4.05. The minimum Gasteiger partial charge on any atom is -0.305 e. The van der Waals surface area contributed by atoms with E-state index in [9.17, 15) is 13.2 Å². The summed E-state index contributed by atoms with van der Waals surface area (Å²) in [5.74, 6) is 2.22. The van der Waals surface area contributed by atoms with Crippen molar-refractivity contribution in [2.45, 2.75) is 29.6 Å². The van der Waals surface area contributed by atoms with Gasteiger partial charge < -0.3 is 9.47 Å². The number of hydrogen-bond donors (Lipinski definition) is 0. The number of likely N-dealkylation sites (tertiary alicyclic amines) is 1. The highest BCUT2D eigenvalue weighted by atomic mass is 32.2. The summed E-state index contributed by atoms with van der Waals surface area (Å²) >= 11 is 1.67. The molecule has 0 N–H and O–H groups in total. The minimum absolute atomic E-state index is 0.0491. The topological polar surface area (TPSA) is 59.7 Å². The molecule has 0 bridgehead atoms. The molecule has 168 valence electrons. The lowest BCUT2D eigenvalue weighted by Crippen LogP contribution is -2.28. The molecule has 2 aromatic heterocycles. The fourth-order valence-corrected chi connectivity index (χ4v) is 5.59. The molecule has 0 radical (unpaired) electrons. The Bertz CT molecular complexity index is 1090. The highest BCUT2D eigenvalue weighted by Crippen LogP contribution is 2.59. The van der Waals surface area contributed by atoms with Crippen LogP contribution in [0.25, 0.3) is 11.4 Å². The Balaban J connectivity index is 1.12. The molecule has 3 heterocycles. The Labute approximate surface area is 188 Å². The van der Waals surface area contributed by atoms with Crippen molar-refractivity contribution in [2.24, 2.45) is 13.0 Å². The number of benzene rings is 1. The van der Waals surface area contributed by atoms with E-state index >= 15 is 0 Å². The van der Waals surface area contributed by atoms with Gasteiger partial charge in [-0.2, -0.15) is 13.2 Å². The highest BCUT2D eigenvalue weighted by molar-refractivity contribution is 7.99. The lowest BCUT2D eigenvalue weighted by atomic mass is 9.94. The standard InChI is InChI=1S/C22H23F3N6S/c1-30-19(15-10-26-14-27-11-15)28-29-20(30)32-8-2-7-31-12-18-9-21(18,13-31)16-3-5-17(6-4-16)22(23,24)25/h3-6,10-11,14,18H,2,7-9,12-13H2,1H3/t18-,21+/m0/s1. The summed E-state index contributed by atoms with van der Waals surface area (Å²) in [5.41, 5.74) is 1.35. The van der Waals surface area contributed by atoms with Crippen molar-refractivity contribution in [1.82, 2.24) is 29.6 Å². The van der Waals surface area contributed by atoms with Gasteiger partial charge in [-0.15, -0.1) is 10.2 Å². The zero-order valence-electron chi connectivity index (χ0n) is 17.6. The van der Waals surface area contributed by atoms with Crippen LogP contribution in [0.2, 0.25) is 0 Å². The van der Waals surface area contributed by atoms with Gasteiger partial charge in [0.05, 0.1) is 11.1 Å². The van der Waals surface area contributed by atoms with Crippen LogP contribution in [0.15, 0.2) is 48.1 Å². The number of fused-ring (bicyclic) bond motifs is 1. The van der Waals surface area contributed by atoms with Gasteiger partial charge in [-0.05, 0) is 43.0 Å². The van der Waals surface area contributed by atoms with Crippen molar-refractivity contribution < 1.29 is 13.2 Å². The summed E-state index contributed by atoms with van der Waals surface area (Å²) in [5, 5.41) is 9.39. The van der Waals surface area contributed by atoms with Crippen LogP contribution in [-0.4, -0.2) is 55.0 Å². The number of aromatic nitrogens is 5. The molecular weight excluding hydrogens is 437 g/mol. The Morgan fingerprint density at radius 1 is 1.12 bits per heavy atom. The van der Waals surface area contributed by atoms with Gasteiger partial charge in [-0.3, -0.25) is 0 Å². The maximum absolute atomic E-state index is 12.8. The van der Waals surface area contributed by atoms with E-state index < -0.39 is 11.7 Å². The van der Waals surface area contributed by atoms with E-state index in [0.717, 1.165) is 60.3 Å². The van der Waals surface area contributed by atoms with Crippen LogP contribution in [0.3, 0.4) is 0 Å². The van der Waals surface area contributed by atoms with Crippen LogP contribution < -0.4 is 0 Å². The maximum atomic E-state index is 12.8. The second-order valence-electron chi connectivity index (χ2n) is 8.56. The average Bonchev–Trinajstić information content (AvgIpc) is 3.16. The van der Waals surface area contributed by atoms with E-state index in [1.54, 1.807) is 36.3 Å². The van der Waals surface area contributed by atoms with Gasteiger partial charge in [0.2, 0.25) is 0 Å². The molecule has 1 aromatic carbocycles. The maximum Gasteiger partial charge on any atom is 0.416 e. The Morgan fingerprint density at radius 2 is 1.88 bits per heavy atom. The van der Waals surface area contributed by atoms with Gasteiger partial charge in [0.15, 0.2) is 11.0 Å². The van der Waals surface area contributed by atoms with Gasteiger partial charge in [0.1, 0.15) is 6.33 Å². The van der Waals surface area contributed by atoms with E-state index in [0.29, 0.717) is 5.92 Å². The first-order chi connectivity index (χ1) is 15.4. The summed E-state index contributed by atoms with van der Waals surface area (Å²) in [6.45, 7) is 2.92. The Morgan fingerprint density at radius 3 is 2.59 bits per heavy atom. The summed E-state index contributed by atoms with van der Waals surface area (Å²) in [6, 6.07) is 5.78. The third kappa shape index (κ3) is 4.01. The van der Waals surface area contributed by atoms with Crippen LogP contribution >= 0.6 is 11.8 Å². The number of thioether (sulfide) groups is 1.